The van der Waals surface area contributed by atoms with E-state index in [1.54, 1.807) is 6.07 Å². The van der Waals surface area contributed by atoms with Crippen molar-refractivity contribution in [2.45, 2.75) is 37.1 Å². The molecule has 0 saturated carbocycles. The van der Waals surface area contributed by atoms with Crippen LogP contribution in [0, 0.1) is 10.1 Å². The van der Waals surface area contributed by atoms with Gasteiger partial charge in [0.05, 0.1) is 4.92 Å². The highest BCUT2D eigenvalue weighted by Gasteiger charge is 2.18. The van der Waals surface area contributed by atoms with E-state index in [0.29, 0.717) is 22.4 Å². The number of ketones is 1. The predicted molar refractivity (Wildman–Crippen MR) is 104 cm³/mol. The van der Waals surface area contributed by atoms with Crippen molar-refractivity contribution >= 4 is 23.2 Å². The number of hydrogen-bond acceptors (Lipinski definition) is 7. The molecule has 2 aromatic carbocycles. The summed E-state index contributed by atoms with van der Waals surface area (Å²) in [6.07, 6.45) is 0. The summed E-state index contributed by atoms with van der Waals surface area (Å²) >= 11 is 1.25. The highest BCUT2D eigenvalue weighted by Crippen LogP contribution is 2.32. The molecule has 1 aromatic heterocycles. The van der Waals surface area contributed by atoms with Crippen molar-refractivity contribution in [1.29, 1.82) is 0 Å². The number of Topliss-reactive ketones (excluding diaryl/α,β-unsaturated/α-hetero) is 1. The van der Waals surface area contributed by atoms with Gasteiger partial charge in [-0.2, -0.15) is 0 Å². The summed E-state index contributed by atoms with van der Waals surface area (Å²) in [6.45, 7) is 4.21. The monoisotopic (exact) mass is 398 g/mol. The number of rotatable bonds is 8. The fraction of sp³-hybridized carbons (Fsp3) is 0.211. The van der Waals surface area contributed by atoms with Crippen LogP contribution in [0.4, 0.5) is 5.69 Å². The largest absolute Gasteiger partial charge is 0.486 e. The third kappa shape index (κ3) is 4.37. The number of carbonyl (C=O) groups is 1. The summed E-state index contributed by atoms with van der Waals surface area (Å²) in [5, 5.41) is 20.0. The lowest BCUT2D eigenvalue weighted by molar-refractivity contribution is -0.384. The van der Waals surface area contributed by atoms with Crippen LogP contribution in [0.3, 0.4) is 0 Å². The SMILES string of the molecule is CCn1c(COc2ccccc2)nnc1Sc1ccc([N+](=O)[O-])cc1C(C)=O. The molecule has 0 aliphatic carbocycles. The molecule has 8 nitrogen and oxygen atoms in total. The van der Waals surface area contributed by atoms with Crippen LogP contribution < -0.4 is 4.74 Å². The minimum atomic E-state index is -0.519. The first kappa shape index (κ1) is 19.6. The molecule has 0 saturated heterocycles. The molecule has 0 unspecified atom stereocenters. The van der Waals surface area contributed by atoms with Gasteiger partial charge in [0.1, 0.15) is 12.4 Å². The number of carbonyl (C=O) groups excluding carboxylic acids is 1. The first-order chi connectivity index (χ1) is 13.5. The molecule has 0 N–H and O–H groups in total. The van der Waals surface area contributed by atoms with Gasteiger partial charge in [-0.3, -0.25) is 14.9 Å². The van der Waals surface area contributed by atoms with E-state index in [-0.39, 0.29) is 23.6 Å². The van der Waals surface area contributed by atoms with Crippen LogP contribution in [0.15, 0.2) is 58.6 Å². The third-order valence-electron chi connectivity index (χ3n) is 3.98. The lowest BCUT2D eigenvalue weighted by atomic mass is 10.1. The Morgan fingerprint density at radius 3 is 2.61 bits per heavy atom. The highest BCUT2D eigenvalue weighted by atomic mass is 32.2. The number of benzene rings is 2. The van der Waals surface area contributed by atoms with Gasteiger partial charge in [-0.15, -0.1) is 10.2 Å². The normalized spacial score (nSPS) is 10.6. The predicted octanol–water partition coefficient (Wildman–Crippen LogP) is 4.14. The van der Waals surface area contributed by atoms with Gasteiger partial charge in [-0.1, -0.05) is 18.2 Å². The number of para-hydroxylation sites is 1. The van der Waals surface area contributed by atoms with Crippen molar-refractivity contribution in [2.75, 3.05) is 0 Å². The fourth-order valence-electron chi connectivity index (χ4n) is 2.58. The molecule has 0 bridgehead atoms. The van der Waals surface area contributed by atoms with E-state index >= 15 is 0 Å². The Hall–Kier alpha value is -3.20. The number of hydrogen-bond donors (Lipinski definition) is 0. The number of aromatic nitrogens is 3. The van der Waals surface area contributed by atoms with Gasteiger partial charge >= 0.3 is 0 Å². The van der Waals surface area contributed by atoms with Crippen molar-refractivity contribution < 1.29 is 14.5 Å². The molecule has 0 amide bonds. The topological polar surface area (TPSA) is 100 Å². The third-order valence-corrected chi connectivity index (χ3v) is 5.04. The van der Waals surface area contributed by atoms with Crippen LogP contribution in [0.25, 0.3) is 0 Å². The Labute approximate surface area is 165 Å². The Balaban J connectivity index is 1.84. The lowest BCUT2D eigenvalue weighted by Gasteiger charge is -2.10. The van der Waals surface area contributed by atoms with Gasteiger partial charge in [-0.25, -0.2) is 0 Å². The molecule has 0 spiro atoms. The summed E-state index contributed by atoms with van der Waals surface area (Å²) in [6, 6.07) is 13.6. The molecule has 3 rings (SSSR count). The Kier molecular flexibility index (Phi) is 6.05. The second-order valence-electron chi connectivity index (χ2n) is 5.84. The van der Waals surface area contributed by atoms with Gasteiger partial charge in [0.15, 0.2) is 16.8 Å². The summed E-state index contributed by atoms with van der Waals surface area (Å²) in [5.74, 6) is 1.14. The number of ether oxygens (including phenoxy) is 1. The summed E-state index contributed by atoms with van der Waals surface area (Å²) < 4.78 is 7.63. The average molecular weight is 398 g/mol. The van der Waals surface area contributed by atoms with Gasteiger partial charge in [-0.05, 0) is 43.8 Å². The fourth-order valence-corrected chi connectivity index (χ4v) is 3.65. The van der Waals surface area contributed by atoms with Gasteiger partial charge < -0.3 is 9.30 Å². The molecule has 0 atom stereocenters. The number of nitro groups is 1. The Morgan fingerprint density at radius 2 is 1.96 bits per heavy atom. The van der Waals surface area contributed by atoms with E-state index < -0.39 is 4.92 Å². The molecule has 28 heavy (non-hydrogen) atoms. The minimum Gasteiger partial charge on any atom is -0.486 e. The maximum absolute atomic E-state index is 12.0. The van der Waals surface area contributed by atoms with Crippen LogP contribution in [0.2, 0.25) is 0 Å². The van der Waals surface area contributed by atoms with Crippen LogP contribution in [0.5, 0.6) is 5.75 Å². The second-order valence-corrected chi connectivity index (χ2v) is 6.85. The number of nitro benzene ring substituents is 1. The smallest absolute Gasteiger partial charge is 0.270 e. The Morgan fingerprint density at radius 1 is 1.21 bits per heavy atom. The van der Waals surface area contributed by atoms with E-state index in [1.165, 1.54) is 30.8 Å². The quantitative estimate of drug-likeness (QED) is 0.319. The lowest BCUT2D eigenvalue weighted by Crippen LogP contribution is -2.07. The maximum Gasteiger partial charge on any atom is 0.270 e. The zero-order valence-corrected chi connectivity index (χ0v) is 16.2. The first-order valence-corrected chi connectivity index (χ1v) is 9.38. The van der Waals surface area contributed by atoms with Crippen LogP contribution in [-0.4, -0.2) is 25.5 Å². The van der Waals surface area contributed by atoms with Crippen LogP contribution >= 0.6 is 11.8 Å². The number of non-ortho nitro benzene ring substituents is 1. The van der Waals surface area contributed by atoms with Crippen molar-refractivity contribution in [3.05, 3.63) is 70.0 Å². The molecule has 1 heterocycles. The highest BCUT2D eigenvalue weighted by molar-refractivity contribution is 7.99. The van der Waals surface area contributed by atoms with E-state index in [9.17, 15) is 14.9 Å². The maximum atomic E-state index is 12.0. The summed E-state index contributed by atoms with van der Waals surface area (Å²) in [7, 11) is 0. The van der Waals surface area contributed by atoms with E-state index in [4.69, 9.17) is 4.74 Å². The van der Waals surface area contributed by atoms with Gasteiger partial charge in [0.2, 0.25) is 0 Å². The number of nitrogens with zero attached hydrogens (tertiary/aromatic N) is 4. The van der Waals surface area contributed by atoms with Gasteiger partial charge in [0.25, 0.3) is 5.69 Å². The molecular weight excluding hydrogens is 380 g/mol. The standard InChI is InChI=1S/C19H18N4O4S/c1-3-22-18(12-27-15-7-5-4-6-8-15)20-21-19(22)28-17-10-9-14(23(25)26)11-16(17)13(2)24/h4-11H,3,12H2,1-2H3. The van der Waals surface area contributed by atoms with E-state index in [0.717, 1.165) is 5.75 Å². The molecule has 0 aliphatic rings. The van der Waals surface area contributed by atoms with Crippen molar-refractivity contribution in [3.8, 4) is 5.75 Å². The minimum absolute atomic E-state index is 0.122. The molecular formula is C19H18N4O4S. The molecule has 0 radical (unpaired) electrons. The molecule has 9 heteroatoms. The zero-order valence-electron chi connectivity index (χ0n) is 15.4. The summed E-state index contributed by atoms with van der Waals surface area (Å²) in [5.41, 5.74) is 0.162. The summed E-state index contributed by atoms with van der Waals surface area (Å²) in [4.78, 5) is 23.0. The molecule has 0 fully saturated rings. The molecule has 0 aliphatic heterocycles. The zero-order chi connectivity index (χ0) is 20.1. The second kappa shape index (κ2) is 8.66. The van der Waals surface area contributed by atoms with E-state index in [1.807, 2.05) is 41.8 Å². The van der Waals surface area contributed by atoms with Crippen LogP contribution in [-0.2, 0) is 13.2 Å². The van der Waals surface area contributed by atoms with Gasteiger partial charge in [0, 0.05) is 29.1 Å². The van der Waals surface area contributed by atoms with Crippen molar-refractivity contribution in [3.63, 3.8) is 0 Å². The van der Waals surface area contributed by atoms with Crippen molar-refractivity contribution in [2.24, 2.45) is 0 Å². The Bertz CT molecular complexity index is 1000. The first-order valence-electron chi connectivity index (χ1n) is 8.56. The van der Waals surface area contributed by atoms with Crippen LogP contribution in [0.1, 0.15) is 30.0 Å². The molecule has 3 aromatic rings. The van der Waals surface area contributed by atoms with E-state index in [2.05, 4.69) is 10.2 Å². The average Bonchev–Trinajstić information content (AvgIpc) is 3.08. The van der Waals surface area contributed by atoms with Crippen molar-refractivity contribution in [1.82, 2.24) is 14.8 Å². The molecule has 144 valence electrons.